The number of carboxylic acid groups (broad SMARTS) is 1. The minimum absolute atomic E-state index is 0.192. The van der Waals surface area contributed by atoms with E-state index >= 15 is 0 Å². The Kier molecular flexibility index (Phi) is 4.50. The Labute approximate surface area is 172 Å². The highest BCUT2D eigenvalue weighted by Gasteiger charge is 2.56. The molecular weight excluding hydrogens is 364 g/mol. The van der Waals surface area contributed by atoms with Crippen LogP contribution in [0.1, 0.15) is 69.8 Å². The van der Waals surface area contributed by atoms with Crippen LogP contribution in [0.4, 0.5) is 0 Å². The van der Waals surface area contributed by atoms with Crippen LogP contribution in [0.25, 0.3) is 0 Å². The number of benzene rings is 1. The second-order valence-corrected chi connectivity index (χ2v) is 10.2. The molecule has 5 nitrogen and oxygen atoms in total. The first kappa shape index (κ1) is 19.1. The van der Waals surface area contributed by atoms with Gasteiger partial charge in [-0.15, -0.1) is 0 Å². The van der Waals surface area contributed by atoms with Gasteiger partial charge in [0.1, 0.15) is 0 Å². The predicted molar refractivity (Wildman–Crippen MR) is 110 cm³/mol. The van der Waals surface area contributed by atoms with Gasteiger partial charge in [-0.25, -0.2) is 0 Å². The molecule has 1 heterocycles. The monoisotopic (exact) mass is 396 g/mol. The minimum atomic E-state index is -0.662. The Hall–Kier alpha value is -1.88. The van der Waals surface area contributed by atoms with Crippen molar-refractivity contribution in [3.05, 3.63) is 35.9 Å². The lowest BCUT2D eigenvalue weighted by Crippen LogP contribution is -2.54. The van der Waals surface area contributed by atoms with Gasteiger partial charge in [-0.2, -0.15) is 0 Å². The zero-order valence-corrected chi connectivity index (χ0v) is 17.2. The molecule has 4 aliphatic carbocycles. The molecule has 1 unspecified atom stereocenters. The number of hydrogen-bond donors (Lipinski definition) is 2. The fourth-order valence-electron chi connectivity index (χ4n) is 6.54. The fraction of sp³-hybridized carbons (Fsp3) is 0.667. The maximum absolute atomic E-state index is 13.3. The number of rotatable bonds is 5. The first-order valence-corrected chi connectivity index (χ1v) is 11.3. The van der Waals surface area contributed by atoms with E-state index in [0.717, 1.165) is 38.8 Å². The summed E-state index contributed by atoms with van der Waals surface area (Å²) in [7, 11) is 0. The molecule has 2 bridgehead atoms. The third kappa shape index (κ3) is 3.09. The van der Waals surface area contributed by atoms with E-state index in [9.17, 15) is 14.7 Å². The topological polar surface area (TPSA) is 69.6 Å². The van der Waals surface area contributed by atoms with Gasteiger partial charge >= 0.3 is 5.97 Å². The van der Waals surface area contributed by atoms with E-state index in [1.54, 1.807) is 0 Å². The second kappa shape index (κ2) is 6.83. The standard InChI is InChI=1S/C24H32N2O3/c27-20(22-9-12-23(13-10-22,14-11-22)21(28)29)25-19-15-24(7-4-8-24)26(17-19)16-18-5-2-1-3-6-18/h1-3,5-6,19H,4,7-17H2,(H,25,27)(H,28,29). The molecule has 0 radical (unpaired) electrons. The van der Waals surface area contributed by atoms with Gasteiger partial charge in [-0.1, -0.05) is 30.3 Å². The zero-order chi connectivity index (χ0) is 20.1. The summed E-state index contributed by atoms with van der Waals surface area (Å²) >= 11 is 0. The average Bonchev–Trinajstić information content (AvgIpc) is 3.08. The maximum Gasteiger partial charge on any atom is 0.309 e. The van der Waals surface area contributed by atoms with Crippen molar-refractivity contribution < 1.29 is 14.7 Å². The summed E-state index contributed by atoms with van der Waals surface area (Å²) in [5, 5.41) is 13.0. The number of likely N-dealkylation sites (tertiary alicyclic amines) is 1. The smallest absolute Gasteiger partial charge is 0.309 e. The van der Waals surface area contributed by atoms with Crippen molar-refractivity contribution in [3.8, 4) is 0 Å². The van der Waals surface area contributed by atoms with E-state index in [2.05, 4.69) is 40.5 Å². The summed E-state index contributed by atoms with van der Waals surface area (Å²) in [6, 6.07) is 10.9. The van der Waals surface area contributed by atoms with Crippen LogP contribution < -0.4 is 5.32 Å². The number of fused-ring (bicyclic) bond motifs is 3. The van der Waals surface area contributed by atoms with Crippen molar-refractivity contribution in [2.75, 3.05) is 6.54 Å². The Bertz CT molecular complexity index is 777. The van der Waals surface area contributed by atoms with E-state index in [0.29, 0.717) is 19.3 Å². The molecule has 4 saturated carbocycles. The molecule has 5 fully saturated rings. The lowest BCUT2D eigenvalue weighted by molar-refractivity contribution is -0.163. The van der Waals surface area contributed by atoms with E-state index in [4.69, 9.17) is 0 Å². The Morgan fingerprint density at radius 1 is 0.966 bits per heavy atom. The molecule has 1 aromatic carbocycles. The van der Waals surface area contributed by atoms with E-state index in [-0.39, 0.29) is 22.9 Å². The van der Waals surface area contributed by atoms with Gasteiger partial charge < -0.3 is 10.4 Å². The van der Waals surface area contributed by atoms with E-state index in [1.165, 1.54) is 24.8 Å². The van der Waals surface area contributed by atoms with Crippen molar-refractivity contribution in [1.29, 1.82) is 0 Å². The number of nitrogens with one attached hydrogen (secondary N) is 1. The largest absolute Gasteiger partial charge is 0.481 e. The van der Waals surface area contributed by atoms with Crippen molar-refractivity contribution in [3.63, 3.8) is 0 Å². The molecule has 29 heavy (non-hydrogen) atoms. The molecule has 1 atom stereocenters. The fourth-order valence-corrected chi connectivity index (χ4v) is 6.54. The van der Waals surface area contributed by atoms with Crippen LogP contribution in [0.15, 0.2) is 30.3 Å². The van der Waals surface area contributed by atoms with Crippen LogP contribution in [-0.4, -0.2) is 40.0 Å². The van der Waals surface area contributed by atoms with Crippen LogP contribution in [0.3, 0.4) is 0 Å². The first-order chi connectivity index (χ1) is 14.0. The number of hydrogen-bond acceptors (Lipinski definition) is 3. The van der Waals surface area contributed by atoms with Crippen LogP contribution in [0, 0.1) is 10.8 Å². The van der Waals surface area contributed by atoms with Crippen molar-refractivity contribution in [2.45, 2.75) is 82.3 Å². The summed E-state index contributed by atoms with van der Waals surface area (Å²) in [4.78, 5) is 27.6. The van der Waals surface area contributed by atoms with Gasteiger partial charge in [0.15, 0.2) is 0 Å². The Morgan fingerprint density at radius 2 is 1.59 bits per heavy atom. The normalized spacial score (nSPS) is 35.4. The van der Waals surface area contributed by atoms with Gasteiger partial charge in [-0.3, -0.25) is 14.5 Å². The Balaban J connectivity index is 1.24. The van der Waals surface area contributed by atoms with Gasteiger partial charge in [0, 0.05) is 30.1 Å². The third-order valence-electron chi connectivity index (χ3n) is 8.76. The minimum Gasteiger partial charge on any atom is -0.481 e. The van der Waals surface area contributed by atoms with Crippen LogP contribution >= 0.6 is 0 Å². The van der Waals surface area contributed by atoms with Gasteiger partial charge in [0.05, 0.1) is 5.41 Å². The number of carboxylic acids is 1. The van der Waals surface area contributed by atoms with Crippen molar-refractivity contribution in [1.82, 2.24) is 10.2 Å². The summed E-state index contributed by atoms with van der Waals surface area (Å²) in [6.07, 6.45) is 8.98. The molecule has 156 valence electrons. The maximum atomic E-state index is 13.3. The van der Waals surface area contributed by atoms with E-state index in [1.807, 2.05) is 0 Å². The highest BCUT2D eigenvalue weighted by Crippen LogP contribution is 2.57. The molecule has 1 amide bonds. The second-order valence-electron chi connectivity index (χ2n) is 10.2. The number of nitrogens with zero attached hydrogens (tertiary/aromatic N) is 1. The number of carbonyl (C=O) groups excluding carboxylic acids is 1. The molecule has 5 aliphatic rings. The summed E-state index contributed by atoms with van der Waals surface area (Å²) < 4.78 is 0. The summed E-state index contributed by atoms with van der Waals surface area (Å²) in [6.45, 7) is 1.88. The quantitative estimate of drug-likeness (QED) is 0.796. The van der Waals surface area contributed by atoms with E-state index < -0.39 is 11.4 Å². The summed E-state index contributed by atoms with van der Waals surface area (Å²) in [5.74, 6) is -0.470. The molecule has 1 aromatic rings. The molecule has 1 saturated heterocycles. The highest BCUT2D eigenvalue weighted by molar-refractivity contribution is 5.85. The first-order valence-electron chi connectivity index (χ1n) is 11.3. The van der Waals surface area contributed by atoms with Gasteiger partial charge in [0.2, 0.25) is 5.91 Å². The highest BCUT2D eigenvalue weighted by atomic mass is 16.4. The number of carbonyl (C=O) groups is 2. The third-order valence-corrected chi connectivity index (χ3v) is 8.76. The number of aliphatic carboxylic acids is 1. The lowest BCUT2D eigenvalue weighted by atomic mass is 9.53. The van der Waals surface area contributed by atoms with Crippen LogP contribution in [-0.2, 0) is 16.1 Å². The molecule has 2 N–H and O–H groups in total. The van der Waals surface area contributed by atoms with Gasteiger partial charge in [-0.05, 0) is 69.8 Å². The zero-order valence-electron chi connectivity index (χ0n) is 17.2. The Morgan fingerprint density at radius 3 is 2.14 bits per heavy atom. The van der Waals surface area contributed by atoms with Crippen LogP contribution in [0.5, 0.6) is 0 Å². The molecular formula is C24H32N2O3. The molecule has 1 aliphatic heterocycles. The molecule has 6 rings (SSSR count). The molecule has 0 aromatic heterocycles. The molecule has 5 heteroatoms. The van der Waals surface area contributed by atoms with Crippen molar-refractivity contribution in [2.24, 2.45) is 10.8 Å². The lowest BCUT2D eigenvalue weighted by Gasteiger charge is -2.50. The molecule has 1 spiro atoms. The predicted octanol–water partition coefficient (Wildman–Crippen LogP) is 3.73. The van der Waals surface area contributed by atoms with Crippen molar-refractivity contribution >= 4 is 11.9 Å². The van der Waals surface area contributed by atoms with Crippen LogP contribution in [0.2, 0.25) is 0 Å². The average molecular weight is 397 g/mol. The summed E-state index contributed by atoms with van der Waals surface area (Å²) in [5.41, 5.74) is 0.728. The SMILES string of the molecule is O=C(O)C12CCC(C(=O)NC3CN(Cc4ccccc4)C4(CCC4)C3)(CC1)CC2. The van der Waals surface area contributed by atoms with Gasteiger partial charge in [0.25, 0.3) is 0 Å². The number of amides is 1.